The Bertz CT molecular complexity index is 2080. The zero-order valence-corrected chi connectivity index (χ0v) is 27.7. The number of hydrogen-bond donors (Lipinski definition) is 11. The summed E-state index contributed by atoms with van der Waals surface area (Å²) in [4.78, 5) is 73.8. The molecule has 28 nitrogen and oxygen atoms in total. The van der Waals surface area contributed by atoms with E-state index in [9.17, 15) is 58.4 Å². The van der Waals surface area contributed by atoms with E-state index in [0.29, 0.717) is 0 Å². The van der Waals surface area contributed by atoms with E-state index in [1.165, 1.54) is 0 Å². The number of aliphatic hydroxyl groups is 4. The summed E-state index contributed by atoms with van der Waals surface area (Å²) >= 11 is 0. The second-order valence-corrected chi connectivity index (χ2v) is 15.4. The van der Waals surface area contributed by atoms with Gasteiger partial charge >= 0.3 is 23.5 Å². The number of nitrogens with zero attached hydrogens (tertiary/aromatic N) is 6. The molecule has 2 aliphatic heterocycles. The number of phosphoric ester groups is 2. The lowest BCUT2D eigenvalue weighted by atomic mass is 10.1. The summed E-state index contributed by atoms with van der Waals surface area (Å²) in [5.41, 5.74) is 8.90. The number of hydrogen-bond acceptors (Lipinski definition) is 21. The topological polar surface area (TPSA) is 427 Å². The number of nitrogen functional groups attached to an aromatic ring is 2. The molecule has 6 heterocycles. The molecule has 3 unspecified atom stereocenters. The van der Waals surface area contributed by atoms with E-state index >= 15 is 0 Å². The van der Waals surface area contributed by atoms with Gasteiger partial charge in [0.25, 0.3) is 11.1 Å². The minimum Gasteiger partial charge on any atom is -0.387 e. The molecule has 0 bridgehead atoms. The van der Waals surface area contributed by atoms with Gasteiger partial charge in [-0.1, -0.05) is 0 Å². The number of aromatic nitrogens is 8. The van der Waals surface area contributed by atoms with Crippen molar-refractivity contribution < 1.29 is 75.9 Å². The number of nitrogens with one attached hydrogen (secondary N) is 2. The molecule has 0 amide bonds. The monoisotopic (exact) mass is 788 g/mol. The van der Waals surface area contributed by atoms with Crippen molar-refractivity contribution in [2.45, 2.75) is 49.1 Å². The molecule has 0 spiro atoms. The summed E-state index contributed by atoms with van der Waals surface area (Å²) in [5.74, 6) is -0.622. The lowest BCUT2D eigenvalue weighted by molar-refractivity contribution is -0.0510. The number of nitrogens with two attached hydrogens (primary N) is 2. The first-order valence-corrected chi connectivity index (χ1v) is 18.4. The normalized spacial score (nSPS) is 30.4. The highest BCUT2D eigenvalue weighted by molar-refractivity contribution is 7.66. The van der Waals surface area contributed by atoms with Crippen molar-refractivity contribution in [3.05, 3.63) is 33.4 Å². The number of H-pyrrole nitrogens is 2. The standard InChI is InChI=1S/C20H27N10O18P3/c21-19-25-13-7(15(35)27-19)23-3-29(13)17-11(33)9(31)5(45-17)1-43-49(37,38)47-51(41,42)48-50(39,40)44-2-6-10(32)12(34)18(46-6)30-4-24-8-14(30)26-20(22)28-16(8)36/h3-6,9-12,17-18,31-34H,1-2H2,(H,37,38)(H,39,40)(H,41,42)(H3,21,25,27,35)(H3,22,26,28,36)/t5-,6-,9-,10-,11-,12-,17-,18+/m1/s1. The van der Waals surface area contributed by atoms with Gasteiger partial charge in [-0.25, -0.2) is 23.7 Å². The smallest absolute Gasteiger partial charge is 0.387 e. The van der Waals surface area contributed by atoms with Crippen LogP contribution in [0.2, 0.25) is 0 Å². The Morgan fingerprint density at radius 2 is 1.06 bits per heavy atom. The van der Waals surface area contributed by atoms with Crippen molar-refractivity contribution in [3.63, 3.8) is 0 Å². The van der Waals surface area contributed by atoms with Gasteiger partial charge in [-0.05, 0) is 0 Å². The first kappa shape index (κ1) is 37.2. The van der Waals surface area contributed by atoms with E-state index < -0.39 is 96.9 Å². The Morgan fingerprint density at radius 1 is 0.686 bits per heavy atom. The number of aromatic amines is 2. The molecular weight excluding hydrogens is 761 g/mol. The first-order chi connectivity index (χ1) is 23.8. The lowest BCUT2D eigenvalue weighted by Gasteiger charge is -2.21. The van der Waals surface area contributed by atoms with Crippen LogP contribution in [0.5, 0.6) is 0 Å². The van der Waals surface area contributed by atoms with Gasteiger partial charge in [0.1, 0.15) is 36.6 Å². The van der Waals surface area contributed by atoms with Crippen LogP contribution in [0.1, 0.15) is 12.5 Å². The fourth-order valence-corrected chi connectivity index (χ4v) is 8.63. The molecular formula is C20H27N10O18P3. The largest absolute Gasteiger partial charge is 0.490 e. The third-order valence-corrected chi connectivity index (χ3v) is 11.6. The number of phosphoric acid groups is 3. The molecule has 13 N–H and O–H groups in total. The van der Waals surface area contributed by atoms with Crippen molar-refractivity contribution in [1.82, 2.24) is 39.0 Å². The van der Waals surface area contributed by atoms with E-state index in [0.717, 1.165) is 21.8 Å². The van der Waals surface area contributed by atoms with Crippen LogP contribution in [0.15, 0.2) is 22.2 Å². The molecule has 31 heteroatoms. The second-order valence-electron chi connectivity index (χ2n) is 10.8. The first-order valence-electron chi connectivity index (χ1n) is 13.9. The van der Waals surface area contributed by atoms with Crippen molar-refractivity contribution in [2.24, 2.45) is 0 Å². The third kappa shape index (κ3) is 7.53. The van der Waals surface area contributed by atoms with E-state index in [1.807, 2.05) is 0 Å². The summed E-state index contributed by atoms with van der Waals surface area (Å²) in [7, 11) is -17.4. The fraction of sp³-hybridized carbons (Fsp3) is 0.500. The number of ether oxygens (including phenoxy) is 2. The second kappa shape index (κ2) is 13.5. The molecule has 2 aliphatic rings. The Labute approximate surface area is 280 Å². The van der Waals surface area contributed by atoms with Crippen LogP contribution in [-0.2, 0) is 40.8 Å². The van der Waals surface area contributed by atoms with Gasteiger partial charge in [-0.3, -0.25) is 37.7 Å². The Hall–Kier alpha value is -3.53. The summed E-state index contributed by atoms with van der Waals surface area (Å²) in [6.07, 6.45) is -11.3. The van der Waals surface area contributed by atoms with Gasteiger partial charge in [0.05, 0.1) is 25.9 Å². The van der Waals surface area contributed by atoms with Crippen LogP contribution in [0.3, 0.4) is 0 Å². The van der Waals surface area contributed by atoms with Gasteiger partial charge in [-0.2, -0.15) is 18.6 Å². The number of anilines is 2. The molecule has 6 rings (SSSR count). The highest BCUT2D eigenvalue weighted by Crippen LogP contribution is 2.67. The molecule has 4 aromatic rings. The van der Waals surface area contributed by atoms with Crippen LogP contribution in [-0.4, -0.2) is 124 Å². The molecule has 2 fully saturated rings. The van der Waals surface area contributed by atoms with Crippen LogP contribution >= 0.6 is 23.5 Å². The Balaban J connectivity index is 1.04. The zero-order valence-electron chi connectivity index (χ0n) is 25.0. The SMILES string of the molecule is Nc1nc2c(ncn2[C@@H]2O[C@H](COP(=O)(O)OP(=O)(O)OP(=O)(O)OC[C@H]3O[C@H](n4cnc5c(=O)[nH]c(N)nc54)[C@H](O)[C@@H]3O)[C@@H](O)[C@H]2O)c(=O)[nH]1. The van der Waals surface area contributed by atoms with Crippen LogP contribution < -0.4 is 22.6 Å². The molecule has 0 aromatic carbocycles. The van der Waals surface area contributed by atoms with Crippen LogP contribution in [0, 0.1) is 0 Å². The van der Waals surface area contributed by atoms with Crippen LogP contribution in [0.4, 0.5) is 11.9 Å². The van der Waals surface area contributed by atoms with Crippen molar-refractivity contribution >= 4 is 57.7 Å². The fourth-order valence-electron chi connectivity index (χ4n) is 5.11. The van der Waals surface area contributed by atoms with Crippen molar-refractivity contribution in [2.75, 3.05) is 24.7 Å². The average Bonchev–Trinajstić information content (AvgIpc) is 3.76. The van der Waals surface area contributed by atoms with Crippen molar-refractivity contribution in [3.8, 4) is 0 Å². The minimum atomic E-state index is -6.00. The number of imidazole rings is 2. The predicted molar refractivity (Wildman–Crippen MR) is 161 cm³/mol. The molecule has 51 heavy (non-hydrogen) atoms. The quantitative estimate of drug-likeness (QED) is 0.0610. The minimum absolute atomic E-state index is 0.156. The summed E-state index contributed by atoms with van der Waals surface area (Å²) in [6.45, 7) is -2.19. The molecule has 11 atom stereocenters. The molecule has 0 radical (unpaired) electrons. The highest BCUT2D eigenvalue weighted by Gasteiger charge is 2.49. The van der Waals surface area contributed by atoms with Gasteiger partial charge in [0.15, 0.2) is 34.8 Å². The summed E-state index contributed by atoms with van der Waals surface area (Å²) in [6, 6.07) is 0. The van der Waals surface area contributed by atoms with E-state index in [-0.39, 0.29) is 34.2 Å². The number of aliphatic hydroxyl groups excluding tert-OH is 4. The van der Waals surface area contributed by atoms with Crippen molar-refractivity contribution in [1.29, 1.82) is 0 Å². The maximum atomic E-state index is 12.4. The maximum absolute atomic E-state index is 12.4. The van der Waals surface area contributed by atoms with E-state index in [2.05, 4.69) is 47.6 Å². The van der Waals surface area contributed by atoms with Gasteiger partial charge in [-0.15, -0.1) is 0 Å². The van der Waals surface area contributed by atoms with Gasteiger partial charge < -0.3 is 56.0 Å². The van der Waals surface area contributed by atoms with Crippen LogP contribution in [0.25, 0.3) is 22.3 Å². The zero-order chi connectivity index (χ0) is 37.2. The Kier molecular flexibility index (Phi) is 9.83. The maximum Gasteiger partial charge on any atom is 0.490 e. The number of rotatable bonds is 12. The highest BCUT2D eigenvalue weighted by atomic mass is 31.3. The van der Waals surface area contributed by atoms with Gasteiger partial charge in [0, 0.05) is 0 Å². The molecule has 0 saturated carbocycles. The Morgan fingerprint density at radius 3 is 1.43 bits per heavy atom. The lowest BCUT2D eigenvalue weighted by Crippen LogP contribution is -2.33. The summed E-state index contributed by atoms with van der Waals surface area (Å²) in [5, 5.41) is 41.8. The number of fused-ring (bicyclic) bond motifs is 2. The van der Waals surface area contributed by atoms with E-state index in [1.54, 1.807) is 0 Å². The van der Waals surface area contributed by atoms with E-state index in [4.69, 9.17) is 20.9 Å². The molecule has 280 valence electrons. The molecule has 4 aromatic heterocycles. The predicted octanol–water partition coefficient (Wildman–Crippen LogP) is -3.98. The van der Waals surface area contributed by atoms with Gasteiger partial charge in [0.2, 0.25) is 11.9 Å². The molecule has 2 saturated heterocycles. The summed E-state index contributed by atoms with van der Waals surface area (Å²) < 4.78 is 67.4. The third-order valence-electron chi connectivity index (χ3n) is 7.34. The average molecular weight is 788 g/mol. The molecule has 0 aliphatic carbocycles.